The highest BCUT2D eigenvalue weighted by Crippen LogP contribution is 2.37. The first kappa shape index (κ1) is 21.2. The molecule has 9 heteroatoms. The van der Waals surface area contributed by atoms with Crippen molar-refractivity contribution in [2.75, 3.05) is 13.1 Å². The zero-order chi connectivity index (χ0) is 21.6. The molecule has 2 fully saturated rings. The molecular weight excluding hydrogens is 407 g/mol. The van der Waals surface area contributed by atoms with Gasteiger partial charge in [-0.3, -0.25) is 9.48 Å². The number of amides is 1. The fourth-order valence-corrected chi connectivity index (χ4v) is 5.75. The van der Waals surface area contributed by atoms with Crippen LogP contribution in [-0.4, -0.2) is 41.5 Å². The summed E-state index contributed by atoms with van der Waals surface area (Å²) in [6.07, 6.45) is 5.00. The third kappa shape index (κ3) is 3.85. The Hall–Kier alpha value is -2.00. The van der Waals surface area contributed by atoms with Gasteiger partial charge < -0.3 is 0 Å². The third-order valence-corrected chi connectivity index (χ3v) is 8.12. The molecule has 1 aromatic heterocycles. The molecule has 1 N–H and O–H groups in total. The van der Waals surface area contributed by atoms with Gasteiger partial charge in [0, 0.05) is 24.5 Å². The van der Waals surface area contributed by atoms with E-state index < -0.39 is 21.9 Å². The number of fused-ring (bicyclic) bond motifs is 1. The highest BCUT2D eigenvalue weighted by atomic mass is 32.2. The van der Waals surface area contributed by atoms with Crippen LogP contribution in [0.3, 0.4) is 0 Å². The van der Waals surface area contributed by atoms with Gasteiger partial charge in [0.2, 0.25) is 0 Å². The van der Waals surface area contributed by atoms with Gasteiger partial charge in [0.1, 0.15) is 5.82 Å². The van der Waals surface area contributed by atoms with Crippen molar-refractivity contribution in [2.45, 2.75) is 58.9 Å². The number of rotatable bonds is 5. The van der Waals surface area contributed by atoms with Gasteiger partial charge in [-0.05, 0) is 56.9 Å². The lowest BCUT2D eigenvalue weighted by Crippen LogP contribution is -2.49. The van der Waals surface area contributed by atoms with Crippen molar-refractivity contribution in [1.82, 2.24) is 18.8 Å². The SMILES string of the molecule is Cc1nn(C2CCC(C(C)C)CC2)c2cc(F)c(C(=O)NS(=O)(=O)N3CCC3)cc12. The molecule has 30 heavy (non-hydrogen) atoms. The minimum absolute atomic E-state index is 0.210. The van der Waals surface area contributed by atoms with Crippen LogP contribution in [0.4, 0.5) is 4.39 Å². The number of carbonyl (C=O) groups is 1. The fourth-order valence-electron chi connectivity index (χ4n) is 4.54. The lowest BCUT2D eigenvalue weighted by molar-refractivity contribution is 0.0974. The van der Waals surface area contributed by atoms with Gasteiger partial charge in [-0.1, -0.05) is 13.8 Å². The van der Waals surface area contributed by atoms with Crippen molar-refractivity contribution in [3.05, 3.63) is 29.2 Å². The highest BCUT2D eigenvalue weighted by molar-refractivity contribution is 7.87. The molecule has 2 aromatic rings. The summed E-state index contributed by atoms with van der Waals surface area (Å²) in [5.74, 6) is -0.320. The molecule has 7 nitrogen and oxygen atoms in total. The standard InChI is InChI=1S/C21H29FN4O3S/c1-13(2)15-5-7-16(8-6-15)26-20-12-19(22)18(11-17(20)14(3)23-26)21(27)24-30(28,29)25-9-4-10-25/h11-13,15-16H,4-10H2,1-3H3,(H,24,27). The van der Waals surface area contributed by atoms with Crippen LogP contribution < -0.4 is 4.72 Å². The average molecular weight is 437 g/mol. The lowest BCUT2D eigenvalue weighted by Gasteiger charge is -2.31. The molecule has 0 atom stereocenters. The molecule has 164 valence electrons. The van der Waals surface area contributed by atoms with Crippen LogP contribution in [0.15, 0.2) is 12.1 Å². The van der Waals surface area contributed by atoms with Crippen molar-refractivity contribution in [3.8, 4) is 0 Å². The number of hydrogen-bond acceptors (Lipinski definition) is 4. The Balaban J connectivity index is 1.60. The minimum Gasteiger partial charge on any atom is -0.268 e. The highest BCUT2D eigenvalue weighted by Gasteiger charge is 2.31. The van der Waals surface area contributed by atoms with Gasteiger partial charge in [0.05, 0.1) is 22.8 Å². The normalized spacial score (nSPS) is 23.0. The molecule has 0 bridgehead atoms. The van der Waals surface area contributed by atoms with Crippen molar-refractivity contribution in [1.29, 1.82) is 0 Å². The van der Waals surface area contributed by atoms with Crippen LogP contribution in [0.25, 0.3) is 10.9 Å². The van der Waals surface area contributed by atoms with Crippen LogP contribution in [0.2, 0.25) is 0 Å². The Bertz CT molecular complexity index is 1070. The molecule has 1 saturated heterocycles. The maximum Gasteiger partial charge on any atom is 0.304 e. The molecule has 2 aliphatic rings. The predicted molar refractivity (Wildman–Crippen MR) is 113 cm³/mol. The summed E-state index contributed by atoms with van der Waals surface area (Å²) in [6.45, 7) is 7.07. The molecule has 2 heterocycles. The van der Waals surface area contributed by atoms with E-state index in [4.69, 9.17) is 0 Å². The summed E-state index contributed by atoms with van der Waals surface area (Å²) in [4.78, 5) is 12.5. The van der Waals surface area contributed by atoms with Crippen LogP contribution in [0.1, 0.15) is 68.0 Å². The van der Waals surface area contributed by atoms with Crippen molar-refractivity contribution >= 4 is 27.0 Å². The molecule has 1 aliphatic carbocycles. The van der Waals surface area contributed by atoms with Gasteiger partial charge in [0.25, 0.3) is 5.91 Å². The number of hydrogen-bond donors (Lipinski definition) is 1. The molecule has 1 aliphatic heterocycles. The minimum atomic E-state index is -3.93. The number of aryl methyl sites for hydroxylation is 1. The first-order valence-electron chi connectivity index (χ1n) is 10.7. The fraction of sp³-hybridized carbons (Fsp3) is 0.619. The smallest absolute Gasteiger partial charge is 0.268 e. The van der Waals surface area contributed by atoms with Crippen LogP contribution in [-0.2, 0) is 10.2 Å². The van der Waals surface area contributed by atoms with Crippen molar-refractivity contribution in [2.24, 2.45) is 11.8 Å². The number of halogens is 1. The zero-order valence-electron chi connectivity index (χ0n) is 17.7. The molecule has 1 aromatic carbocycles. The molecule has 0 spiro atoms. The molecular formula is C21H29FN4O3S. The van der Waals surface area contributed by atoms with E-state index in [2.05, 4.69) is 18.9 Å². The topological polar surface area (TPSA) is 84.3 Å². The van der Waals surface area contributed by atoms with E-state index in [9.17, 15) is 17.6 Å². The first-order valence-corrected chi connectivity index (χ1v) is 12.1. The number of benzene rings is 1. The molecule has 4 rings (SSSR count). The Kier molecular flexibility index (Phi) is 5.61. The maximum atomic E-state index is 14.9. The maximum absolute atomic E-state index is 14.9. The molecule has 0 radical (unpaired) electrons. The molecule has 0 unspecified atom stereocenters. The average Bonchev–Trinajstić information content (AvgIpc) is 2.94. The number of aromatic nitrogens is 2. The van der Waals surface area contributed by atoms with E-state index in [0.29, 0.717) is 41.5 Å². The molecule has 1 amide bonds. The van der Waals surface area contributed by atoms with E-state index in [1.807, 2.05) is 16.3 Å². The van der Waals surface area contributed by atoms with Crippen molar-refractivity contribution < 1.29 is 17.6 Å². The van der Waals surface area contributed by atoms with Gasteiger partial charge in [-0.2, -0.15) is 17.8 Å². The number of carbonyl (C=O) groups excluding carboxylic acids is 1. The summed E-state index contributed by atoms with van der Waals surface area (Å²) in [6, 6.07) is 2.95. The third-order valence-electron chi connectivity index (χ3n) is 6.63. The Morgan fingerprint density at radius 1 is 1.20 bits per heavy atom. The van der Waals surface area contributed by atoms with E-state index in [0.717, 1.165) is 36.4 Å². The molecule has 1 saturated carbocycles. The second-order valence-electron chi connectivity index (χ2n) is 8.88. The summed E-state index contributed by atoms with van der Waals surface area (Å²) in [5, 5.41) is 5.32. The van der Waals surface area contributed by atoms with Gasteiger partial charge in [-0.25, -0.2) is 9.11 Å². The second-order valence-corrected chi connectivity index (χ2v) is 10.6. The van der Waals surface area contributed by atoms with Crippen LogP contribution >= 0.6 is 0 Å². The quantitative estimate of drug-likeness (QED) is 0.777. The van der Waals surface area contributed by atoms with Crippen LogP contribution in [0.5, 0.6) is 0 Å². The Morgan fingerprint density at radius 2 is 1.87 bits per heavy atom. The van der Waals surface area contributed by atoms with E-state index in [1.165, 1.54) is 12.1 Å². The van der Waals surface area contributed by atoms with E-state index in [-0.39, 0.29) is 11.6 Å². The summed E-state index contributed by atoms with van der Waals surface area (Å²) in [7, 11) is -3.93. The monoisotopic (exact) mass is 436 g/mol. The van der Waals surface area contributed by atoms with Crippen molar-refractivity contribution in [3.63, 3.8) is 0 Å². The Morgan fingerprint density at radius 3 is 2.43 bits per heavy atom. The van der Waals surface area contributed by atoms with E-state index >= 15 is 0 Å². The second kappa shape index (κ2) is 7.92. The van der Waals surface area contributed by atoms with Gasteiger partial charge in [-0.15, -0.1) is 0 Å². The zero-order valence-corrected chi connectivity index (χ0v) is 18.5. The summed E-state index contributed by atoms with van der Waals surface area (Å²) >= 11 is 0. The Labute approximate surface area is 176 Å². The summed E-state index contributed by atoms with van der Waals surface area (Å²) < 4.78 is 44.2. The van der Waals surface area contributed by atoms with Crippen LogP contribution in [0, 0.1) is 24.6 Å². The summed E-state index contributed by atoms with van der Waals surface area (Å²) in [5.41, 5.74) is 1.08. The number of nitrogens with zero attached hydrogens (tertiary/aromatic N) is 3. The van der Waals surface area contributed by atoms with E-state index in [1.54, 1.807) is 0 Å². The largest absolute Gasteiger partial charge is 0.304 e. The number of nitrogens with one attached hydrogen (secondary N) is 1. The lowest BCUT2D eigenvalue weighted by atomic mass is 9.80. The van der Waals surface area contributed by atoms with Gasteiger partial charge >= 0.3 is 10.2 Å². The van der Waals surface area contributed by atoms with Gasteiger partial charge in [0.15, 0.2) is 0 Å². The predicted octanol–water partition coefficient (Wildman–Crippen LogP) is 3.55. The first-order chi connectivity index (χ1) is 14.2.